The summed E-state index contributed by atoms with van der Waals surface area (Å²) in [6, 6.07) is -1.04. The Bertz CT molecular complexity index is 566. The number of rotatable bonds is 6. The lowest BCUT2D eigenvalue weighted by Gasteiger charge is -2.30. The van der Waals surface area contributed by atoms with Gasteiger partial charge in [-0.25, -0.2) is 4.79 Å². The fraction of sp³-hybridized carbons (Fsp3) is 0.692. The molecule has 0 spiro atoms. The zero-order valence-corrected chi connectivity index (χ0v) is 12.4. The Morgan fingerprint density at radius 3 is 2.35 bits per heavy atom. The molecule has 6 atom stereocenters. The van der Waals surface area contributed by atoms with Gasteiger partial charge in [0.2, 0.25) is 11.8 Å². The molecule has 2 fully saturated rings. The van der Waals surface area contributed by atoms with Crippen LogP contribution in [-0.4, -0.2) is 63.3 Å². The summed E-state index contributed by atoms with van der Waals surface area (Å²) in [5.74, 6) is -6.56. The minimum absolute atomic E-state index is 0.273. The second kappa shape index (κ2) is 5.78. The first-order valence-electron chi connectivity index (χ1n) is 7.11. The Kier molecular flexibility index (Phi) is 4.31. The zero-order chi connectivity index (χ0) is 17.5. The lowest BCUT2D eigenvalue weighted by atomic mass is 9.89. The van der Waals surface area contributed by atoms with Crippen molar-refractivity contribution in [3.63, 3.8) is 0 Å². The number of aliphatic hydroxyl groups is 1. The molecular weight excluding hydrogens is 310 g/mol. The summed E-state index contributed by atoms with van der Waals surface area (Å²) in [6.45, 7) is 1.02. The number of fused-ring (bicyclic) bond motifs is 1. The minimum Gasteiger partial charge on any atom is -0.481 e. The van der Waals surface area contributed by atoms with Gasteiger partial charge in [0, 0.05) is 18.3 Å². The third-order valence-corrected chi connectivity index (χ3v) is 4.59. The topological polar surface area (TPSA) is 179 Å². The first-order chi connectivity index (χ1) is 10.7. The summed E-state index contributed by atoms with van der Waals surface area (Å²) in [5, 5.41) is 33.1. The Morgan fingerprint density at radius 2 is 1.91 bits per heavy atom. The molecule has 10 heteroatoms. The van der Waals surface area contributed by atoms with Gasteiger partial charge in [0.15, 0.2) is 0 Å². The molecule has 2 aliphatic carbocycles. The number of carbonyl (C=O) groups excluding carboxylic acids is 2. The third-order valence-electron chi connectivity index (χ3n) is 4.59. The molecule has 2 amide bonds. The highest BCUT2D eigenvalue weighted by atomic mass is 16.4. The van der Waals surface area contributed by atoms with Crippen molar-refractivity contribution in [1.29, 1.82) is 0 Å². The van der Waals surface area contributed by atoms with Crippen molar-refractivity contribution in [3.05, 3.63) is 0 Å². The molecule has 23 heavy (non-hydrogen) atoms. The van der Waals surface area contributed by atoms with Gasteiger partial charge in [-0.15, -0.1) is 0 Å². The SMILES string of the molecule is C[C@H](NC(=O)CN)C(=O)N[C@@]1(C(=O)O)C[C@H](O)[C@H]2[C@H](C(=O)O)[C@H]21. The second-order valence-corrected chi connectivity index (χ2v) is 6.00. The number of nitrogens with two attached hydrogens (primary N) is 1. The highest BCUT2D eigenvalue weighted by molar-refractivity contribution is 5.94. The maximum atomic E-state index is 12.1. The van der Waals surface area contributed by atoms with Crippen LogP contribution < -0.4 is 16.4 Å². The van der Waals surface area contributed by atoms with Crippen LogP contribution in [0.2, 0.25) is 0 Å². The van der Waals surface area contributed by atoms with E-state index >= 15 is 0 Å². The lowest BCUT2D eigenvalue weighted by molar-refractivity contribution is -0.151. The van der Waals surface area contributed by atoms with Crippen LogP contribution in [0, 0.1) is 17.8 Å². The van der Waals surface area contributed by atoms with E-state index in [1.165, 1.54) is 6.92 Å². The summed E-state index contributed by atoms with van der Waals surface area (Å²) < 4.78 is 0. The third kappa shape index (κ3) is 2.75. The first kappa shape index (κ1) is 17.2. The smallest absolute Gasteiger partial charge is 0.329 e. The number of hydrogen-bond donors (Lipinski definition) is 6. The summed E-state index contributed by atoms with van der Waals surface area (Å²) in [6.07, 6.45) is -1.39. The van der Waals surface area contributed by atoms with Crippen LogP contribution in [0.5, 0.6) is 0 Å². The second-order valence-electron chi connectivity index (χ2n) is 6.00. The molecule has 0 saturated heterocycles. The van der Waals surface area contributed by atoms with Crippen LogP contribution in [0.1, 0.15) is 13.3 Å². The molecule has 2 rings (SSSR count). The predicted octanol–water partition coefficient (Wildman–Crippen LogP) is -2.90. The minimum atomic E-state index is -1.86. The van der Waals surface area contributed by atoms with Crippen molar-refractivity contribution in [2.24, 2.45) is 23.5 Å². The largest absolute Gasteiger partial charge is 0.481 e. The van der Waals surface area contributed by atoms with Gasteiger partial charge >= 0.3 is 11.9 Å². The molecule has 0 aromatic rings. The number of nitrogens with one attached hydrogen (secondary N) is 2. The van der Waals surface area contributed by atoms with E-state index in [1.54, 1.807) is 0 Å². The van der Waals surface area contributed by atoms with Gasteiger partial charge in [0.1, 0.15) is 11.6 Å². The Labute approximate surface area is 131 Å². The molecule has 10 nitrogen and oxygen atoms in total. The zero-order valence-electron chi connectivity index (χ0n) is 12.4. The van der Waals surface area contributed by atoms with E-state index in [0.29, 0.717) is 0 Å². The molecule has 2 aliphatic rings. The van der Waals surface area contributed by atoms with Crippen molar-refractivity contribution in [1.82, 2.24) is 10.6 Å². The average molecular weight is 329 g/mol. The maximum absolute atomic E-state index is 12.1. The van der Waals surface area contributed by atoms with E-state index in [2.05, 4.69) is 10.6 Å². The highest BCUT2D eigenvalue weighted by Gasteiger charge is 2.75. The van der Waals surface area contributed by atoms with Gasteiger partial charge in [-0.1, -0.05) is 0 Å². The molecule has 0 heterocycles. The van der Waals surface area contributed by atoms with Gasteiger partial charge in [-0.2, -0.15) is 0 Å². The van der Waals surface area contributed by atoms with Crippen LogP contribution in [0.4, 0.5) is 0 Å². The molecule has 7 N–H and O–H groups in total. The fourth-order valence-electron chi connectivity index (χ4n) is 3.48. The van der Waals surface area contributed by atoms with E-state index < -0.39 is 59.2 Å². The van der Waals surface area contributed by atoms with Crippen molar-refractivity contribution < 1.29 is 34.5 Å². The van der Waals surface area contributed by atoms with E-state index in [0.717, 1.165) is 0 Å². The van der Waals surface area contributed by atoms with Gasteiger partial charge in [0.25, 0.3) is 0 Å². The molecule has 0 aromatic heterocycles. The summed E-state index contributed by atoms with van der Waals surface area (Å²) >= 11 is 0. The first-order valence-corrected chi connectivity index (χ1v) is 7.11. The molecule has 0 unspecified atom stereocenters. The standard InChI is InChI=1S/C13H19N3O7/c1-4(15-6(18)3-14)10(19)16-13(12(22)23)2-5(17)7-8(9(7)13)11(20)21/h4-5,7-9,17H,2-3,14H2,1H3,(H,15,18)(H,16,19)(H,20,21)(H,22,23)/t4-,5-,7-,8-,9-,13-/m0/s1. The summed E-state index contributed by atoms with van der Waals surface area (Å²) in [4.78, 5) is 46.2. The van der Waals surface area contributed by atoms with E-state index in [9.17, 15) is 29.4 Å². The highest BCUT2D eigenvalue weighted by Crippen LogP contribution is 2.62. The molecule has 0 aliphatic heterocycles. The molecular formula is C13H19N3O7. The maximum Gasteiger partial charge on any atom is 0.329 e. The lowest BCUT2D eigenvalue weighted by Crippen LogP contribution is -2.60. The fourth-order valence-corrected chi connectivity index (χ4v) is 3.48. The van der Waals surface area contributed by atoms with Gasteiger partial charge in [-0.05, 0) is 6.92 Å². The predicted molar refractivity (Wildman–Crippen MR) is 73.9 cm³/mol. The van der Waals surface area contributed by atoms with Gasteiger partial charge in [-0.3, -0.25) is 14.4 Å². The van der Waals surface area contributed by atoms with Crippen LogP contribution >= 0.6 is 0 Å². The average Bonchev–Trinajstić information content (AvgIpc) is 3.15. The van der Waals surface area contributed by atoms with Crippen molar-refractivity contribution in [3.8, 4) is 0 Å². The Hall–Kier alpha value is -2.20. The number of aliphatic carboxylic acids is 2. The van der Waals surface area contributed by atoms with E-state index in [-0.39, 0.29) is 13.0 Å². The summed E-state index contributed by atoms with van der Waals surface area (Å²) in [7, 11) is 0. The number of carbonyl (C=O) groups is 4. The Morgan fingerprint density at radius 1 is 1.30 bits per heavy atom. The monoisotopic (exact) mass is 329 g/mol. The molecule has 0 bridgehead atoms. The number of hydrogen-bond acceptors (Lipinski definition) is 6. The van der Waals surface area contributed by atoms with Crippen LogP contribution in [0.3, 0.4) is 0 Å². The Balaban J connectivity index is 2.17. The normalized spacial score (nSPS) is 35.8. The summed E-state index contributed by atoms with van der Waals surface area (Å²) in [5.41, 5.74) is 3.27. The van der Waals surface area contributed by atoms with Crippen molar-refractivity contribution in [2.75, 3.05) is 6.54 Å². The number of aliphatic hydroxyl groups excluding tert-OH is 1. The van der Waals surface area contributed by atoms with Gasteiger partial charge in [0.05, 0.1) is 18.6 Å². The van der Waals surface area contributed by atoms with Crippen molar-refractivity contribution in [2.45, 2.75) is 31.0 Å². The van der Waals surface area contributed by atoms with E-state index in [1.807, 2.05) is 0 Å². The van der Waals surface area contributed by atoms with E-state index in [4.69, 9.17) is 10.8 Å². The number of carboxylic acid groups (broad SMARTS) is 2. The number of carboxylic acids is 2. The molecule has 2 saturated carbocycles. The van der Waals surface area contributed by atoms with Crippen molar-refractivity contribution >= 4 is 23.8 Å². The quantitative estimate of drug-likeness (QED) is 0.300. The van der Waals surface area contributed by atoms with Crippen LogP contribution in [0.15, 0.2) is 0 Å². The number of amides is 2. The molecule has 0 aromatic carbocycles. The molecule has 128 valence electrons. The molecule has 0 radical (unpaired) electrons. The van der Waals surface area contributed by atoms with Crippen LogP contribution in [-0.2, 0) is 19.2 Å². The van der Waals surface area contributed by atoms with Crippen LogP contribution in [0.25, 0.3) is 0 Å². The van der Waals surface area contributed by atoms with Gasteiger partial charge < -0.3 is 31.7 Å².